The SMILES string of the molecule is Cc1ccc2nc(C3C(=O)[C@@H]4[C@H]5CCN(C5)[C@@H]4C3=O)sc2c1. The van der Waals surface area contributed by atoms with Gasteiger partial charge in [-0.15, -0.1) is 11.3 Å². The van der Waals surface area contributed by atoms with Gasteiger partial charge in [0.25, 0.3) is 0 Å². The molecule has 0 amide bonds. The second kappa shape index (κ2) is 4.24. The van der Waals surface area contributed by atoms with E-state index >= 15 is 0 Å². The van der Waals surface area contributed by atoms with Crippen LogP contribution in [0.4, 0.5) is 0 Å². The number of rotatable bonds is 1. The fraction of sp³-hybridized carbons (Fsp3) is 0.471. The molecule has 112 valence electrons. The molecule has 0 N–H and O–H groups in total. The molecule has 4 nitrogen and oxygen atoms in total. The van der Waals surface area contributed by atoms with E-state index < -0.39 is 5.92 Å². The third kappa shape index (κ3) is 1.53. The van der Waals surface area contributed by atoms with Crippen LogP contribution in [0.5, 0.6) is 0 Å². The number of nitrogens with zero attached hydrogens (tertiary/aromatic N) is 2. The minimum Gasteiger partial charge on any atom is -0.298 e. The quantitative estimate of drug-likeness (QED) is 0.757. The molecular formula is C17H16N2O2S. The Morgan fingerprint density at radius 3 is 2.95 bits per heavy atom. The smallest absolute Gasteiger partial charge is 0.168 e. The van der Waals surface area contributed by atoms with E-state index in [1.165, 1.54) is 16.9 Å². The van der Waals surface area contributed by atoms with Gasteiger partial charge in [-0.05, 0) is 43.5 Å². The van der Waals surface area contributed by atoms with E-state index in [1.807, 2.05) is 19.1 Å². The van der Waals surface area contributed by atoms with Gasteiger partial charge in [-0.3, -0.25) is 14.5 Å². The number of aromatic nitrogens is 1. The summed E-state index contributed by atoms with van der Waals surface area (Å²) < 4.78 is 1.07. The predicted octanol–water partition coefficient (Wildman–Crippen LogP) is 2.16. The molecule has 3 aliphatic rings. The van der Waals surface area contributed by atoms with Crippen LogP contribution in [0.2, 0.25) is 0 Å². The van der Waals surface area contributed by atoms with E-state index in [4.69, 9.17) is 0 Å². The monoisotopic (exact) mass is 312 g/mol. The molecule has 5 atom stereocenters. The molecule has 3 fully saturated rings. The number of benzene rings is 1. The average molecular weight is 312 g/mol. The minimum atomic E-state index is -0.615. The van der Waals surface area contributed by atoms with E-state index in [-0.39, 0.29) is 23.5 Å². The summed E-state index contributed by atoms with van der Waals surface area (Å²) in [7, 11) is 0. The largest absolute Gasteiger partial charge is 0.298 e. The number of carbonyl (C=O) groups is 2. The molecule has 1 saturated carbocycles. The topological polar surface area (TPSA) is 50.3 Å². The lowest BCUT2D eigenvalue weighted by Crippen LogP contribution is -2.38. The molecule has 2 unspecified atom stereocenters. The third-order valence-electron chi connectivity index (χ3n) is 5.49. The highest BCUT2D eigenvalue weighted by molar-refractivity contribution is 7.18. The molecule has 0 spiro atoms. The van der Waals surface area contributed by atoms with Gasteiger partial charge in [0.15, 0.2) is 11.6 Å². The molecule has 1 aromatic heterocycles. The summed E-state index contributed by atoms with van der Waals surface area (Å²) in [5.74, 6) is -0.0786. The van der Waals surface area contributed by atoms with Crippen molar-refractivity contribution in [3.8, 4) is 0 Å². The van der Waals surface area contributed by atoms with E-state index in [0.29, 0.717) is 10.9 Å². The lowest BCUT2D eigenvalue weighted by Gasteiger charge is -2.23. The molecule has 2 aromatic rings. The Bertz CT molecular complexity index is 799. The molecule has 0 radical (unpaired) electrons. The summed E-state index contributed by atoms with van der Waals surface area (Å²) in [5.41, 5.74) is 2.07. The Morgan fingerprint density at radius 1 is 1.27 bits per heavy atom. The van der Waals surface area contributed by atoms with E-state index in [0.717, 1.165) is 29.7 Å². The van der Waals surface area contributed by atoms with Gasteiger partial charge in [0, 0.05) is 12.5 Å². The Labute approximate surface area is 132 Å². The first kappa shape index (κ1) is 12.9. The lowest BCUT2D eigenvalue weighted by molar-refractivity contribution is -0.125. The highest BCUT2D eigenvalue weighted by Gasteiger charge is 2.61. The van der Waals surface area contributed by atoms with Crippen molar-refractivity contribution in [2.75, 3.05) is 13.1 Å². The summed E-state index contributed by atoms with van der Waals surface area (Å²) in [6, 6.07) is 5.91. The first-order valence-corrected chi connectivity index (χ1v) is 8.64. The van der Waals surface area contributed by atoms with E-state index in [1.54, 1.807) is 0 Å². The number of piperidine rings is 1. The van der Waals surface area contributed by atoms with Crippen LogP contribution >= 0.6 is 11.3 Å². The first-order chi connectivity index (χ1) is 10.6. The minimum absolute atomic E-state index is 0.0694. The zero-order chi connectivity index (χ0) is 15.0. The molecule has 22 heavy (non-hydrogen) atoms. The van der Waals surface area contributed by atoms with Crippen molar-refractivity contribution >= 4 is 33.1 Å². The molecule has 2 aliphatic heterocycles. The predicted molar refractivity (Wildman–Crippen MR) is 84.1 cm³/mol. The van der Waals surface area contributed by atoms with Crippen molar-refractivity contribution in [1.82, 2.24) is 9.88 Å². The number of carbonyl (C=O) groups excluding carboxylic acids is 2. The normalized spacial score (nSPS) is 36.5. The number of hydrogen-bond donors (Lipinski definition) is 0. The third-order valence-corrected chi connectivity index (χ3v) is 6.58. The van der Waals surface area contributed by atoms with Gasteiger partial charge in [-0.2, -0.15) is 0 Å². The van der Waals surface area contributed by atoms with Gasteiger partial charge >= 0.3 is 0 Å². The van der Waals surface area contributed by atoms with Gasteiger partial charge in [-0.1, -0.05) is 6.07 Å². The first-order valence-electron chi connectivity index (χ1n) is 7.82. The van der Waals surface area contributed by atoms with E-state index in [9.17, 15) is 9.59 Å². The summed E-state index contributed by atoms with van der Waals surface area (Å²) in [6.07, 6.45) is 1.06. The highest BCUT2D eigenvalue weighted by Crippen LogP contribution is 2.48. The second-order valence-corrected chi connectivity index (χ2v) is 7.84. The zero-order valence-corrected chi connectivity index (χ0v) is 13.1. The average Bonchev–Trinajstić information content (AvgIpc) is 3.21. The van der Waals surface area contributed by atoms with Gasteiger partial charge in [0.05, 0.1) is 16.3 Å². The van der Waals surface area contributed by atoms with Crippen LogP contribution in [0.25, 0.3) is 10.2 Å². The summed E-state index contributed by atoms with van der Waals surface area (Å²) in [6.45, 7) is 3.94. The van der Waals surface area contributed by atoms with Gasteiger partial charge < -0.3 is 0 Å². The summed E-state index contributed by atoms with van der Waals surface area (Å²) in [4.78, 5) is 32.5. The molecule has 1 aromatic carbocycles. The zero-order valence-electron chi connectivity index (χ0n) is 12.3. The number of hydrogen-bond acceptors (Lipinski definition) is 5. The number of Topliss-reactive ketones (excluding diaryl/α,β-unsaturated/α-hetero) is 2. The Hall–Kier alpha value is -1.59. The summed E-state index contributed by atoms with van der Waals surface area (Å²) >= 11 is 1.51. The molecule has 1 aliphatic carbocycles. The molecular weight excluding hydrogens is 296 g/mol. The van der Waals surface area contributed by atoms with Crippen molar-refractivity contribution in [2.45, 2.75) is 25.3 Å². The van der Waals surface area contributed by atoms with Crippen molar-refractivity contribution in [2.24, 2.45) is 11.8 Å². The second-order valence-electron chi connectivity index (χ2n) is 6.78. The highest BCUT2D eigenvalue weighted by atomic mass is 32.1. The van der Waals surface area contributed by atoms with Crippen molar-refractivity contribution < 1.29 is 9.59 Å². The fourth-order valence-electron chi connectivity index (χ4n) is 4.51. The Kier molecular flexibility index (Phi) is 2.48. The van der Waals surface area contributed by atoms with Crippen molar-refractivity contribution in [1.29, 1.82) is 0 Å². The maximum Gasteiger partial charge on any atom is 0.168 e. The van der Waals surface area contributed by atoms with Gasteiger partial charge in [-0.25, -0.2) is 4.98 Å². The van der Waals surface area contributed by atoms with Crippen LogP contribution in [-0.4, -0.2) is 40.6 Å². The maximum absolute atomic E-state index is 12.9. The van der Waals surface area contributed by atoms with E-state index in [2.05, 4.69) is 16.0 Å². The van der Waals surface area contributed by atoms with Crippen LogP contribution in [0.3, 0.4) is 0 Å². The van der Waals surface area contributed by atoms with Gasteiger partial charge in [0.2, 0.25) is 0 Å². The maximum atomic E-state index is 12.9. The van der Waals surface area contributed by atoms with Crippen molar-refractivity contribution in [3.63, 3.8) is 0 Å². The molecule has 2 saturated heterocycles. The molecule has 2 bridgehead atoms. The molecule has 5 rings (SSSR count). The van der Waals surface area contributed by atoms with Crippen LogP contribution < -0.4 is 0 Å². The number of thiazole rings is 1. The Balaban J connectivity index is 1.59. The van der Waals surface area contributed by atoms with Crippen LogP contribution in [-0.2, 0) is 9.59 Å². The van der Waals surface area contributed by atoms with Crippen molar-refractivity contribution in [3.05, 3.63) is 28.8 Å². The summed E-state index contributed by atoms with van der Waals surface area (Å²) in [5, 5.41) is 0.700. The van der Waals surface area contributed by atoms with Crippen LogP contribution in [0, 0.1) is 18.8 Å². The lowest BCUT2D eigenvalue weighted by atomic mass is 9.87. The van der Waals surface area contributed by atoms with Crippen LogP contribution in [0.15, 0.2) is 18.2 Å². The fourth-order valence-corrected chi connectivity index (χ4v) is 5.69. The van der Waals surface area contributed by atoms with Crippen LogP contribution in [0.1, 0.15) is 22.9 Å². The molecule has 3 heterocycles. The number of fused-ring (bicyclic) bond motifs is 6. The number of aryl methyl sites for hydroxylation is 1. The van der Waals surface area contributed by atoms with Gasteiger partial charge in [0.1, 0.15) is 10.9 Å². The molecule has 5 heteroatoms. The standard InChI is InChI=1S/C17H16N2O2S/c1-8-2-3-10-11(6-8)22-17(18-10)13-15(20)12-9-4-5-19(7-9)14(12)16(13)21/h2-3,6,9,12-14H,4-5,7H2,1H3/t9-,12+,13?,14-/m0/s1. The number of ketones is 2. The Morgan fingerprint density at radius 2 is 2.14 bits per heavy atom.